The maximum Gasteiger partial charge on any atom is 0.150 e. The fourth-order valence-electron chi connectivity index (χ4n) is 1.68. The highest BCUT2D eigenvalue weighted by atomic mass is 16.6. The summed E-state index contributed by atoms with van der Waals surface area (Å²) in [5, 5.41) is 0. The molecule has 1 atom stereocenters. The van der Waals surface area contributed by atoms with Crippen LogP contribution in [0.25, 0.3) is 0 Å². The SMILES string of the molecule is O=Cc1ccc(OCCOCCOCCOCC2CO2)cc1. The number of epoxide rings is 1. The van der Waals surface area contributed by atoms with E-state index in [2.05, 4.69) is 0 Å². The van der Waals surface area contributed by atoms with Crippen molar-refractivity contribution in [3.05, 3.63) is 29.8 Å². The molecule has 1 unspecified atom stereocenters. The van der Waals surface area contributed by atoms with Gasteiger partial charge >= 0.3 is 0 Å². The van der Waals surface area contributed by atoms with Crippen molar-refractivity contribution in [2.75, 3.05) is 52.9 Å². The van der Waals surface area contributed by atoms with Gasteiger partial charge in [0.1, 0.15) is 24.7 Å². The second-order valence-electron chi connectivity index (χ2n) is 4.79. The van der Waals surface area contributed by atoms with E-state index in [0.29, 0.717) is 57.9 Å². The summed E-state index contributed by atoms with van der Waals surface area (Å²) in [5.41, 5.74) is 0.634. The van der Waals surface area contributed by atoms with Gasteiger partial charge in [-0.1, -0.05) is 0 Å². The van der Waals surface area contributed by atoms with E-state index in [1.165, 1.54) is 0 Å². The van der Waals surface area contributed by atoms with Gasteiger partial charge in [0.2, 0.25) is 0 Å². The van der Waals surface area contributed by atoms with Gasteiger partial charge in [-0.3, -0.25) is 4.79 Å². The molecule has 1 aromatic rings. The lowest BCUT2D eigenvalue weighted by atomic mass is 10.2. The summed E-state index contributed by atoms with van der Waals surface area (Å²) < 4.78 is 26.6. The minimum absolute atomic E-state index is 0.304. The zero-order valence-corrected chi connectivity index (χ0v) is 12.6. The predicted octanol–water partition coefficient (Wildman–Crippen LogP) is 1.33. The fraction of sp³-hybridized carbons (Fsp3) is 0.562. The van der Waals surface area contributed by atoms with Crippen molar-refractivity contribution in [3.63, 3.8) is 0 Å². The van der Waals surface area contributed by atoms with Crippen LogP contribution in [-0.2, 0) is 18.9 Å². The summed E-state index contributed by atoms with van der Waals surface area (Å²) >= 11 is 0. The maximum absolute atomic E-state index is 10.5. The van der Waals surface area contributed by atoms with Gasteiger partial charge in [-0.05, 0) is 24.3 Å². The number of benzene rings is 1. The van der Waals surface area contributed by atoms with Gasteiger partial charge in [-0.15, -0.1) is 0 Å². The first-order valence-electron chi connectivity index (χ1n) is 7.41. The number of aldehydes is 1. The van der Waals surface area contributed by atoms with E-state index in [-0.39, 0.29) is 0 Å². The van der Waals surface area contributed by atoms with Crippen molar-refractivity contribution >= 4 is 6.29 Å². The summed E-state index contributed by atoms with van der Waals surface area (Å²) in [6.07, 6.45) is 1.11. The van der Waals surface area contributed by atoms with Crippen LogP contribution in [0.3, 0.4) is 0 Å². The van der Waals surface area contributed by atoms with E-state index in [1.54, 1.807) is 24.3 Å². The Morgan fingerprint density at radius 1 is 0.955 bits per heavy atom. The Kier molecular flexibility index (Phi) is 7.90. The van der Waals surface area contributed by atoms with Crippen molar-refractivity contribution in [1.82, 2.24) is 0 Å². The lowest BCUT2D eigenvalue weighted by molar-refractivity contribution is 0.00708. The maximum atomic E-state index is 10.5. The van der Waals surface area contributed by atoms with Crippen molar-refractivity contribution < 1.29 is 28.5 Å². The van der Waals surface area contributed by atoms with Gasteiger partial charge in [-0.2, -0.15) is 0 Å². The molecule has 1 aliphatic heterocycles. The summed E-state index contributed by atoms with van der Waals surface area (Å²) in [4.78, 5) is 10.5. The molecule has 122 valence electrons. The molecule has 22 heavy (non-hydrogen) atoms. The Morgan fingerprint density at radius 2 is 1.55 bits per heavy atom. The number of hydrogen-bond donors (Lipinski definition) is 0. The smallest absolute Gasteiger partial charge is 0.150 e. The second kappa shape index (κ2) is 10.3. The summed E-state index contributed by atoms with van der Waals surface area (Å²) in [7, 11) is 0. The molecule has 1 aliphatic rings. The Bertz CT molecular complexity index is 415. The fourth-order valence-corrected chi connectivity index (χ4v) is 1.68. The molecule has 1 saturated heterocycles. The van der Waals surface area contributed by atoms with E-state index < -0.39 is 0 Å². The molecule has 0 bridgehead atoms. The molecule has 1 heterocycles. The van der Waals surface area contributed by atoms with Crippen LogP contribution in [0.15, 0.2) is 24.3 Å². The van der Waals surface area contributed by atoms with E-state index in [9.17, 15) is 4.79 Å². The lowest BCUT2D eigenvalue weighted by Crippen LogP contribution is -2.13. The minimum atomic E-state index is 0.304. The van der Waals surface area contributed by atoms with E-state index in [1.807, 2.05) is 0 Å². The van der Waals surface area contributed by atoms with Gasteiger partial charge in [-0.25, -0.2) is 0 Å². The van der Waals surface area contributed by atoms with Crippen LogP contribution in [0.5, 0.6) is 5.75 Å². The molecule has 0 amide bonds. The minimum Gasteiger partial charge on any atom is -0.491 e. The normalized spacial score (nSPS) is 16.5. The summed E-state index contributed by atoms with van der Waals surface area (Å²) in [5.74, 6) is 0.724. The van der Waals surface area contributed by atoms with Gasteiger partial charge in [0.25, 0.3) is 0 Å². The third-order valence-electron chi connectivity index (χ3n) is 2.96. The number of ether oxygens (including phenoxy) is 5. The Labute approximate surface area is 130 Å². The molecule has 0 aromatic heterocycles. The molecule has 0 N–H and O–H groups in total. The molecule has 0 saturated carbocycles. The molecule has 6 nitrogen and oxygen atoms in total. The lowest BCUT2D eigenvalue weighted by Gasteiger charge is -2.08. The van der Waals surface area contributed by atoms with Crippen molar-refractivity contribution in [1.29, 1.82) is 0 Å². The number of hydrogen-bond acceptors (Lipinski definition) is 6. The van der Waals surface area contributed by atoms with Crippen LogP contribution in [0.2, 0.25) is 0 Å². The van der Waals surface area contributed by atoms with Crippen LogP contribution in [0.1, 0.15) is 10.4 Å². The molecule has 6 heteroatoms. The first kappa shape index (κ1) is 16.9. The van der Waals surface area contributed by atoms with Crippen LogP contribution in [-0.4, -0.2) is 65.2 Å². The molecule has 0 spiro atoms. The highest BCUT2D eigenvalue weighted by Crippen LogP contribution is 2.10. The number of carbonyl (C=O) groups is 1. The van der Waals surface area contributed by atoms with Gasteiger partial charge in [0.05, 0.1) is 46.2 Å². The van der Waals surface area contributed by atoms with Crippen LogP contribution in [0.4, 0.5) is 0 Å². The molecule has 1 fully saturated rings. The molecule has 0 radical (unpaired) electrons. The van der Waals surface area contributed by atoms with E-state index in [0.717, 1.165) is 18.6 Å². The highest BCUT2D eigenvalue weighted by Gasteiger charge is 2.21. The van der Waals surface area contributed by atoms with E-state index in [4.69, 9.17) is 23.7 Å². The number of carbonyl (C=O) groups excluding carboxylic acids is 1. The standard InChI is InChI=1S/C16H22O6/c17-11-14-1-3-15(4-2-14)21-10-9-19-6-5-18-7-8-20-12-16-13-22-16/h1-4,11,16H,5-10,12-13H2. The van der Waals surface area contributed by atoms with Crippen LogP contribution < -0.4 is 4.74 Å². The van der Waals surface area contributed by atoms with Gasteiger partial charge in [0.15, 0.2) is 0 Å². The number of rotatable bonds is 13. The predicted molar refractivity (Wildman–Crippen MR) is 79.5 cm³/mol. The zero-order valence-electron chi connectivity index (χ0n) is 12.6. The Morgan fingerprint density at radius 3 is 2.14 bits per heavy atom. The second-order valence-corrected chi connectivity index (χ2v) is 4.79. The molecular weight excluding hydrogens is 288 g/mol. The largest absolute Gasteiger partial charge is 0.491 e. The van der Waals surface area contributed by atoms with E-state index >= 15 is 0 Å². The molecule has 2 rings (SSSR count). The third kappa shape index (κ3) is 7.51. The first-order chi connectivity index (χ1) is 10.9. The molecule has 1 aromatic carbocycles. The van der Waals surface area contributed by atoms with Crippen LogP contribution in [0, 0.1) is 0 Å². The highest BCUT2D eigenvalue weighted by molar-refractivity contribution is 5.74. The Hall–Kier alpha value is -1.47. The molecule has 0 aliphatic carbocycles. The topological polar surface area (TPSA) is 66.5 Å². The monoisotopic (exact) mass is 310 g/mol. The summed E-state index contributed by atoms with van der Waals surface area (Å²) in [6, 6.07) is 6.96. The quantitative estimate of drug-likeness (QED) is 0.311. The average molecular weight is 310 g/mol. The summed E-state index contributed by atoms with van der Waals surface area (Å²) in [6.45, 7) is 4.65. The third-order valence-corrected chi connectivity index (χ3v) is 2.96. The molecular formula is C16H22O6. The Balaban J connectivity index is 1.35. The van der Waals surface area contributed by atoms with Gasteiger partial charge < -0.3 is 23.7 Å². The first-order valence-corrected chi connectivity index (χ1v) is 7.41. The van der Waals surface area contributed by atoms with Crippen molar-refractivity contribution in [2.45, 2.75) is 6.10 Å². The zero-order chi connectivity index (χ0) is 15.5. The van der Waals surface area contributed by atoms with Gasteiger partial charge in [0, 0.05) is 5.56 Å². The van der Waals surface area contributed by atoms with Crippen LogP contribution >= 0.6 is 0 Å². The average Bonchev–Trinajstić information content (AvgIpc) is 3.37. The van der Waals surface area contributed by atoms with Crippen molar-refractivity contribution in [2.24, 2.45) is 0 Å². The van der Waals surface area contributed by atoms with Crippen molar-refractivity contribution in [3.8, 4) is 5.75 Å².